The lowest BCUT2D eigenvalue weighted by molar-refractivity contribution is 0.0936. The monoisotopic (exact) mass is 405 g/mol. The molecule has 1 amide bonds. The van der Waals surface area contributed by atoms with Crippen molar-refractivity contribution < 1.29 is 14.0 Å². The van der Waals surface area contributed by atoms with Crippen molar-refractivity contribution in [3.05, 3.63) is 102 Å². The highest BCUT2D eigenvalue weighted by atomic mass is 19.1. The Morgan fingerprint density at radius 3 is 2.23 bits per heavy atom. The van der Waals surface area contributed by atoms with Crippen molar-refractivity contribution in [1.29, 1.82) is 0 Å². The van der Waals surface area contributed by atoms with Gasteiger partial charge in [0.1, 0.15) is 11.9 Å². The zero-order valence-electron chi connectivity index (χ0n) is 16.5. The summed E-state index contributed by atoms with van der Waals surface area (Å²) in [6.45, 7) is 0.260. The molecule has 0 aliphatic heterocycles. The topological polar surface area (TPSA) is 71.1 Å². The van der Waals surface area contributed by atoms with Crippen molar-refractivity contribution in [3.63, 3.8) is 0 Å². The van der Waals surface area contributed by atoms with Crippen molar-refractivity contribution in [2.45, 2.75) is 18.6 Å². The van der Waals surface area contributed by atoms with E-state index in [1.165, 1.54) is 0 Å². The highest BCUT2D eigenvalue weighted by molar-refractivity contribution is 5.97. The number of carbonyl (C=O) groups excluding carboxylic acids is 2. The number of hydrogen-bond donors (Lipinski definition) is 2. The largest absolute Gasteiger partial charge is 0.351 e. The first-order valence-electron chi connectivity index (χ1n) is 9.85. The molecule has 30 heavy (non-hydrogen) atoms. The molecule has 0 aliphatic carbocycles. The van der Waals surface area contributed by atoms with Crippen LogP contribution in [0, 0.1) is 0 Å². The molecule has 0 unspecified atom stereocenters. The van der Waals surface area contributed by atoms with Crippen LogP contribution in [0.25, 0.3) is 0 Å². The van der Waals surface area contributed by atoms with Crippen LogP contribution in [0.2, 0.25) is 0 Å². The number of carbonyl (C=O) groups is 2. The summed E-state index contributed by atoms with van der Waals surface area (Å²) >= 11 is 0. The highest BCUT2D eigenvalue weighted by Crippen LogP contribution is 2.23. The van der Waals surface area contributed by atoms with Gasteiger partial charge in [0.15, 0.2) is 5.78 Å². The number of benzene rings is 2. The minimum absolute atomic E-state index is 0.0100. The van der Waals surface area contributed by atoms with E-state index in [2.05, 4.69) is 15.6 Å². The van der Waals surface area contributed by atoms with Crippen LogP contribution >= 0.6 is 0 Å². The van der Waals surface area contributed by atoms with E-state index in [1.54, 1.807) is 72.9 Å². The first kappa shape index (κ1) is 21.3. The number of Topliss-reactive ketones (excluding diaryl/α,β-unsaturated/α-hetero) is 1. The number of rotatable bonds is 10. The van der Waals surface area contributed by atoms with Gasteiger partial charge in [0, 0.05) is 24.3 Å². The molecular weight excluding hydrogens is 381 g/mol. The van der Waals surface area contributed by atoms with Gasteiger partial charge in [0.2, 0.25) is 0 Å². The molecule has 0 radical (unpaired) electrons. The Balaban J connectivity index is 1.61. The second-order valence-corrected chi connectivity index (χ2v) is 6.85. The lowest BCUT2D eigenvalue weighted by Gasteiger charge is -2.23. The summed E-state index contributed by atoms with van der Waals surface area (Å²) in [6, 6.07) is 22.1. The minimum Gasteiger partial charge on any atom is -0.351 e. The zero-order chi connectivity index (χ0) is 21.2. The predicted molar refractivity (Wildman–Crippen MR) is 114 cm³/mol. The molecule has 2 aromatic carbocycles. The molecule has 1 heterocycles. The van der Waals surface area contributed by atoms with E-state index in [9.17, 15) is 9.59 Å². The maximum atomic E-state index is 15.2. The van der Waals surface area contributed by atoms with Gasteiger partial charge < -0.3 is 10.6 Å². The molecule has 0 saturated carbocycles. The summed E-state index contributed by atoms with van der Waals surface area (Å²) in [5, 5.41) is 5.80. The fraction of sp³-hybridized carbons (Fsp3) is 0.208. The van der Waals surface area contributed by atoms with Gasteiger partial charge in [-0.25, -0.2) is 4.39 Å². The molecule has 6 heteroatoms. The fourth-order valence-electron chi connectivity index (χ4n) is 3.10. The van der Waals surface area contributed by atoms with Gasteiger partial charge in [-0.2, -0.15) is 0 Å². The Hall–Kier alpha value is -3.38. The molecule has 3 aromatic rings. The van der Waals surface area contributed by atoms with Gasteiger partial charge in [0.25, 0.3) is 5.91 Å². The first-order chi connectivity index (χ1) is 14.6. The zero-order valence-corrected chi connectivity index (χ0v) is 16.5. The molecule has 0 bridgehead atoms. The van der Waals surface area contributed by atoms with E-state index in [-0.39, 0.29) is 24.8 Å². The Bertz CT molecular complexity index is 936. The van der Waals surface area contributed by atoms with Gasteiger partial charge in [-0.3, -0.25) is 14.6 Å². The molecule has 3 rings (SSSR count). The Morgan fingerprint density at radius 2 is 1.57 bits per heavy atom. The van der Waals surface area contributed by atoms with Crippen LogP contribution in [-0.2, 0) is 0 Å². The van der Waals surface area contributed by atoms with Crippen LogP contribution in [0.3, 0.4) is 0 Å². The average Bonchev–Trinajstić information content (AvgIpc) is 2.82. The number of hydrogen-bond acceptors (Lipinski definition) is 4. The van der Waals surface area contributed by atoms with E-state index >= 15 is 4.39 Å². The lowest BCUT2D eigenvalue weighted by Crippen LogP contribution is -2.40. The molecule has 0 spiro atoms. The van der Waals surface area contributed by atoms with Gasteiger partial charge >= 0.3 is 0 Å². The van der Waals surface area contributed by atoms with E-state index in [0.29, 0.717) is 23.2 Å². The van der Waals surface area contributed by atoms with Crippen LogP contribution < -0.4 is 10.6 Å². The van der Waals surface area contributed by atoms with E-state index in [0.717, 1.165) is 0 Å². The van der Waals surface area contributed by atoms with E-state index in [1.807, 2.05) is 12.1 Å². The van der Waals surface area contributed by atoms with E-state index < -0.39 is 12.2 Å². The number of aromatic nitrogens is 1. The molecule has 0 saturated heterocycles. The number of nitrogens with one attached hydrogen (secondary N) is 2. The number of ketones is 1. The molecule has 2 atom stereocenters. The van der Waals surface area contributed by atoms with Crippen molar-refractivity contribution >= 4 is 11.7 Å². The van der Waals surface area contributed by atoms with Crippen LogP contribution in [0.1, 0.15) is 39.0 Å². The van der Waals surface area contributed by atoms with Gasteiger partial charge in [0.05, 0.1) is 6.54 Å². The Labute approximate surface area is 175 Å². The van der Waals surface area contributed by atoms with E-state index in [4.69, 9.17) is 0 Å². The van der Waals surface area contributed by atoms with Crippen molar-refractivity contribution in [2.75, 3.05) is 13.1 Å². The SMILES string of the molecule is O=C(CN[C@H](CCNC(=O)c1ccccn1)[C@@H](F)c1ccccc1)c1ccccc1. The van der Waals surface area contributed by atoms with Gasteiger partial charge in [-0.05, 0) is 24.1 Å². The Morgan fingerprint density at radius 1 is 0.900 bits per heavy atom. The third-order valence-corrected chi connectivity index (χ3v) is 4.73. The standard InChI is InChI=1S/C24H24FN3O2/c25-23(19-11-5-2-6-12-19)20(28-17-22(29)18-9-3-1-4-10-18)14-16-27-24(30)21-13-7-8-15-26-21/h1-13,15,20,23,28H,14,16-17H2,(H,27,30)/t20-,23+/m1/s1. The third kappa shape index (κ3) is 6.06. The van der Waals surface area contributed by atoms with Gasteiger partial charge in [-0.1, -0.05) is 66.7 Å². The molecule has 154 valence electrons. The normalized spacial score (nSPS) is 12.7. The number of pyridine rings is 1. The van der Waals surface area contributed by atoms with Crippen LogP contribution in [0.5, 0.6) is 0 Å². The third-order valence-electron chi connectivity index (χ3n) is 4.73. The van der Waals surface area contributed by atoms with Gasteiger partial charge in [-0.15, -0.1) is 0 Å². The number of alkyl halides is 1. The number of amides is 1. The highest BCUT2D eigenvalue weighted by Gasteiger charge is 2.23. The maximum Gasteiger partial charge on any atom is 0.269 e. The summed E-state index contributed by atoms with van der Waals surface area (Å²) in [7, 11) is 0. The average molecular weight is 405 g/mol. The molecular formula is C24H24FN3O2. The molecule has 1 aromatic heterocycles. The first-order valence-corrected chi connectivity index (χ1v) is 9.85. The Kier molecular flexibility index (Phi) is 7.80. The minimum atomic E-state index is -1.32. The van der Waals surface area contributed by atoms with Crippen LogP contribution in [0.4, 0.5) is 4.39 Å². The van der Waals surface area contributed by atoms with Crippen molar-refractivity contribution in [2.24, 2.45) is 0 Å². The van der Waals surface area contributed by atoms with Crippen molar-refractivity contribution in [1.82, 2.24) is 15.6 Å². The second-order valence-electron chi connectivity index (χ2n) is 6.85. The summed E-state index contributed by atoms with van der Waals surface area (Å²) in [4.78, 5) is 28.6. The van der Waals surface area contributed by atoms with Crippen molar-refractivity contribution in [3.8, 4) is 0 Å². The summed E-state index contributed by atoms with van der Waals surface area (Å²) < 4.78 is 15.2. The summed E-state index contributed by atoms with van der Waals surface area (Å²) in [5.41, 5.74) is 1.40. The second kappa shape index (κ2) is 11.0. The smallest absolute Gasteiger partial charge is 0.269 e. The lowest BCUT2D eigenvalue weighted by atomic mass is 10.0. The maximum absolute atomic E-state index is 15.2. The molecule has 0 fully saturated rings. The number of halogens is 1. The molecule has 2 N–H and O–H groups in total. The van der Waals surface area contributed by atoms with Crippen LogP contribution in [0.15, 0.2) is 85.1 Å². The van der Waals surface area contributed by atoms with Crippen LogP contribution in [-0.4, -0.2) is 35.8 Å². The molecule has 0 aliphatic rings. The quantitative estimate of drug-likeness (QED) is 0.504. The number of nitrogens with zero attached hydrogens (tertiary/aromatic N) is 1. The summed E-state index contributed by atoms with van der Waals surface area (Å²) in [5.74, 6) is -0.428. The fourth-order valence-corrected chi connectivity index (χ4v) is 3.10. The molecule has 5 nitrogen and oxygen atoms in total. The summed E-state index contributed by atoms with van der Waals surface area (Å²) in [6.07, 6.45) is 0.541. The predicted octanol–water partition coefficient (Wildman–Crippen LogP) is 3.75.